The van der Waals surface area contributed by atoms with E-state index in [0.717, 1.165) is 35.3 Å². The Morgan fingerprint density at radius 1 is 0.812 bits per heavy atom. The van der Waals surface area contributed by atoms with Crippen molar-refractivity contribution >= 4 is 11.4 Å². The van der Waals surface area contributed by atoms with Crippen LogP contribution in [0, 0.1) is 12.1 Å². The maximum Gasteiger partial charge on any atom is 0.0317 e. The third-order valence-corrected chi connectivity index (χ3v) is 2.43. The van der Waals surface area contributed by atoms with Crippen molar-refractivity contribution in [2.75, 3.05) is 11.5 Å². The maximum atomic E-state index is 5.70. The molecule has 2 radical (unpaired) electrons. The predicted molar refractivity (Wildman–Crippen MR) is 66.8 cm³/mol. The number of nitrogen functional groups attached to an aromatic ring is 2. The average Bonchev–Trinajstić information content (AvgIpc) is 2.27. The number of hydrogen-bond donors (Lipinski definition) is 2. The molecule has 0 fully saturated rings. The molecule has 0 saturated heterocycles. The molecule has 0 aliphatic heterocycles. The second kappa shape index (κ2) is 4.71. The van der Waals surface area contributed by atoms with Crippen LogP contribution in [-0.2, 0) is 12.8 Å². The normalized spacial score (nSPS) is 10.2. The lowest BCUT2D eigenvalue weighted by atomic mass is 10.0. The van der Waals surface area contributed by atoms with Crippen LogP contribution in [0.5, 0.6) is 0 Å². The molecule has 4 N–H and O–H groups in total. The lowest BCUT2D eigenvalue weighted by Crippen LogP contribution is -1.94. The van der Waals surface area contributed by atoms with E-state index >= 15 is 0 Å². The summed E-state index contributed by atoms with van der Waals surface area (Å²) in [5.41, 5.74) is 15.2. The van der Waals surface area contributed by atoms with E-state index in [1.165, 1.54) is 0 Å². The molecule has 0 unspecified atom stereocenters. The van der Waals surface area contributed by atoms with Gasteiger partial charge in [-0.1, -0.05) is 12.1 Å². The molecule has 0 aromatic heterocycles. The van der Waals surface area contributed by atoms with E-state index in [1.54, 1.807) is 0 Å². The number of benzene rings is 2. The highest BCUT2D eigenvalue weighted by Crippen LogP contribution is 2.11. The summed E-state index contributed by atoms with van der Waals surface area (Å²) < 4.78 is 0. The number of anilines is 2. The number of aryl methyl sites for hydroxylation is 2. The van der Waals surface area contributed by atoms with Crippen LogP contribution < -0.4 is 11.5 Å². The Balaban J connectivity index is 2.02. The SMILES string of the molecule is Nc1cc[c]c(CCc2[c]ccc(N)c2)c1. The van der Waals surface area contributed by atoms with Gasteiger partial charge in [0.15, 0.2) is 0 Å². The zero-order valence-corrected chi connectivity index (χ0v) is 9.03. The smallest absolute Gasteiger partial charge is 0.0317 e. The first-order valence-corrected chi connectivity index (χ1v) is 5.26. The monoisotopic (exact) mass is 210 g/mol. The minimum Gasteiger partial charge on any atom is -0.399 e. The maximum absolute atomic E-state index is 5.70. The molecule has 80 valence electrons. The molecular weight excluding hydrogens is 196 g/mol. The number of nitrogens with two attached hydrogens (primary N) is 2. The van der Waals surface area contributed by atoms with Crippen molar-refractivity contribution < 1.29 is 0 Å². The quantitative estimate of drug-likeness (QED) is 0.763. The zero-order valence-electron chi connectivity index (χ0n) is 9.03. The van der Waals surface area contributed by atoms with Crippen LogP contribution in [0.4, 0.5) is 11.4 Å². The van der Waals surface area contributed by atoms with Gasteiger partial charge in [0.05, 0.1) is 0 Å². The summed E-state index contributed by atoms with van der Waals surface area (Å²) in [7, 11) is 0. The summed E-state index contributed by atoms with van der Waals surface area (Å²) in [4.78, 5) is 0. The molecule has 2 aromatic carbocycles. The molecule has 16 heavy (non-hydrogen) atoms. The lowest BCUT2D eigenvalue weighted by molar-refractivity contribution is 0.958. The average molecular weight is 210 g/mol. The van der Waals surface area contributed by atoms with Gasteiger partial charge in [-0.05, 0) is 60.4 Å². The Morgan fingerprint density at radius 2 is 1.25 bits per heavy atom. The van der Waals surface area contributed by atoms with Crippen molar-refractivity contribution in [2.45, 2.75) is 12.8 Å². The van der Waals surface area contributed by atoms with E-state index < -0.39 is 0 Å². The van der Waals surface area contributed by atoms with Crippen LogP contribution in [0.15, 0.2) is 36.4 Å². The zero-order chi connectivity index (χ0) is 11.4. The molecule has 2 rings (SSSR count). The Hall–Kier alpha value is -1.96. The highest BCUT2D eigenvalue weighted by Gasteiger charge is 1.97. The predicted octanol–water partition coefficient (Wildman–Crippen LogP) is 2.24. The van der Waals surface area contributed by atoms with Crippen molar-refractivity contribution in [3.8, 4) is 0 Å². The molecule has 0 atom stereocenters. The Bertz CT molecular complexity index is 432. The van der Waals surface area contributed by atoms with Crippen LogP contribution in [0.1, 0.15) is 11.1 Å². The molecule has 0 amide bonds. The van der Waals surface area contributed by atoms with Crippen molar-refractivity contribution in [3.05, 3.63) is 59.7 Å². The van der Waals surface area contributed by atoms with Crippen LogP contribution in [-0.4, -0.2) is 0 Å². The topological polar surface area (TPSA) is 52.0 Å². The fourth-order valence-electron chi connectivity index (χ4n) is 1.63. The van der Waals surface area contributed by atoms with Gasteiger partial charge < -0.3 is 11.5 Å². The van der Waals surface area contributed by atoms with Crippen LogP contribution in [0.2, 0.25) is 0 Å². The first-order valence-electron chi connectivity index (χ1n) is 5.26. The lowest BCUT2D eigenvalue weighted by Gasteiger charge is -2.03. The molecule has 2 aromatic rings. The molecule has 0 aliphatic rings. The number of hydrogen-bond acceptors (Lipinski definition) is 2. The van der Waals surface area contributed by atoms with E-state index in [9.17, 15) is 0 Å². The minimum atomic E-state index is 0.783. The van der Waals surface area contributed by atoms with E-state index in [0.29, 0.717) is 0 Å². The van der Waals surface area contributed by atoms with Gasteiger partial charge in [-0.15, -0.1) is 0 Å². The summed E-state index contributed by atoms with van der Waals surface area (Å²) in [6, 6.07) is 17.6. The number of rotatable bonds is 3. The molecule has 0 spiro atoms. The summed E-state index contributed by atoms with van der Waals surface area (Å²) in [6.07, 6.45) is 1.82. The van der Waals surface area contributed by atoms with Crippen molar-refractivity contribution in [1.29, 1.82) is 0 Å². The van der Waals surface area contributed by atoms with Crippen molar-refractivity contribution in [3.63, 3.8) is 0 Å². The van der Waals surface area contributed by atoms with Gasteiger partial charge in [-0.3, -0.25) is 0 Å². The molecule has 2 heteroatoms. The van der Waals surface area contributed by atoms with Gasteiger partial charge in [0.1, 0.15) is 0 Å². The van der Waals surface area contributed by atoms with E-state index in [-0.39, 0.29) is 0 Å². The fraction of sp³-hybridized carbons (Fsp3) is 0.143. The van der Waals surface area contributed by atoms with Gasteiger partial charge in [0.2, 0.25) is 0 Å². The van der Waals surface area contributed by atoms with E-state index in [2.05, 4.69) is 12.1 Å². The third-order valence-electron chi connectivity index (χ3n) is 2.43. The first kappa shape index (κ1) is 10.6. The fourth-order valence-corrected chi connectivity index (χ4v) is 1.63. The second-order valence-electron chi connectivity index (χ2n) is 3.79. The molecule has 0 saturated carbocycles. The highest BCUT2D eigenvalue weighted by atomic mass is 14.5. The second-order valence-corrected chi connectivity index (χ2v) is 3.79. The summed E-state index contributed by atoms with van der Waals surface area (Å²) >= 11 is 0. The Morgan fingerprint density at radius 3 is 1.62 bits per heavy atom. The molecule has 0 heterocycles. The Kier molecular flexibility index (Phi) is 3.10. The first-order chi connectivity index (χ1) is 7.74. The van der Waals surface area contributed by atoms with Crippen LogP contribution in [0.25, 0.3) is 0 Å². The Labute approximate surface area is 95.9 Å². The van der Waals surface area contributed by atoms with Gasteiger partial charge in [0, 0.05) is 11.4 Å². The standard InChI is InChI=1S/C14H14N2/c15-13-5-1-3-11(9-13)7-8-12-4-2-6-14(16)10-12/h1-2,5-6,9-10H,7-8,15-16H2. The van der Waals surface area contributed by atoms with Gasteiger partial charge in [0.25, 0.3) is 0 Å². The van der Waals surface area contributed by atoms with Crippen molar-refractivity contribution in [2.24, 2.45) is 0 Å². The molecular formula is C14H14N2. The largest absolute Gasteiger partial charge is 0.399 e. The van der Waals surface area contributed by atoms with E-state index in [4.69, 9.17) is 11.5 Å². The van der Waals surface area contributed by atoms with Crippen LogP contribution >= 0.6 is 0 Å². The summed E-state index contributed by atoms with van der Waals surface area (Å²) in [6.45, 7) is 0. The summed E-state index contributed by atoms with van der Waals surface area (Å²) in [5.74, 6) is 0. The van der Waals surface area contributed by atoms with Gasteiger partial charge in [-0.25, -0.2) is 0 Å². The highest BCUT2D eigenvalue weighted by molar-refractivity contribution is 5.42. The van der Waals surface area contributed by atoms with E-state index in [1.807, 2.05) is 36.4 Å². The van der Waals surface area contributed by atoms with Gasteiger partial charge in [-0.2, -0.15) is 0 Å². The molecule has 2 nitrogen and oxygen atoms in total. The van der Waals surface area contributed by atoms with Crippen LogP contribution in [0.3, 0.4) is 0 Å². The minimum absolute atomic E-state index is 0.783. The van der Waals surface area contributed by atoms with Crippen molar-refractivity contribution in [1.82, 2.24) is 0 Å². The third kappa shape index (κ3) is 2.76. The molecule has 0 bridgehead atoms. The van der Waals surface area contributed by atoms with Gasteiger partial charge >= 0.3 is 0 Å². The molecule has 0 aliphatic carbocycles. The summed E-state index contributed by atoms with van der Waals surface area (Å²) in [5, 5.41) is 0.